The van der Waals surface area contributed by atoms with Gasteiger partial charge in [0.05, 0.1) is 0 Å². The van der Waals surface area contributed by atoms with Gasteiger partial charge in [0.25, 0.3) is 0 Å². The lowest BCUT2D eigenvalue weighted by Gasteiger charge is -2.31. The number of halogens is 4. The number of hydrogen-bond acceptors (Lipinski definition) is 0. The maximum Gasteiger partial charge on any atom is 0.194 e. The molecule has 0 unspecified atom stereocenters. The number of hydrogen-bond donors (Lipinski definition) is 0. The minimum Gasteiger partial charge on any atom is -0.204 e. The van der Waals surface area contributed by atoms with E-state index in [1.807, 2.05) is 0 Å². The molecule has 1 aliphatic carbocycles. The van der Waals surface area contributed by atoms with Crippen molar-refractivity contribution in [3.63, 3.8) is 0 Å². The highest BCUT2D eigenvalue weighted by Gasteiger charge is 2.26. The first kappa shape index (κ1) is 18.3. The van der Waals surface area contributed by atoms with Crippen molar-refractivity contribution in [2.75, 3.05) is 0 Å². The van der Waals surface area contributed by atoms with Crippen molar-refractivity contribution in [3.8, 4) is 0 Å². The van der Waals surface area contributed by atoms with Crippen LogP contribution in [0.3, 0.4) is 0 Å². The molecule has 1 heterocycles. The molecule has 0 spiro atoms. The molecule has 0 radical (unpaired) electrons. The number of rotatable bonds is 4. The minimum atomic E-state index is -1.36. The Hall–Kier alpha value is -0.483. The standard InChI is InChI=1S/C19H26ClF3Si/c20-24-9-7-14(8-10-24)2-1-13-3-5-15(6-4-13)16-11-17(21)19(23)18(22)12-16/h11-15,24H,1-10H2/t13-,14?,15-,24?. The van der Waals surface area contributed by atoms with Gasteiger partial charge in [0.15, 0.2) is 17.5 Å². The van der Waals surface area contributed by atoms with Gasteiger partial charge in [0.1, 0.15) is 8.11 Å². The summed E-state index contributed by atoms with van der Waals surface area (Å²) in [7, 11) is -0.863. The molecular weight excluding hydrogens is 349 g/mol. The van der Waals surface area contributed by atoms with Gasteiger partial charge in [-0.15, -0.1) is 0 Å². The highest BCUT2D eigenvalue weighted by molar-refractivity contribution is 7.07. The summed E-state index contributed by atoms with van der Waals surface area (Å²) in [5.74, 6) is -1.71. The van der Waals surface area contributed by atoms with E-state index in [9.17, 15) is 13.2 Å². The van der Waals surface area contributed by atoms with E-state index in [1.54, 1.807) is 0 Å². The highest BCUT2D eigenvalue weighted by Crippen LogP contribution is 2.40. The van der Waals surface area contributed by atoms with Crippen molar-refractivity contribution in [3.05, 3.63) is 35.1 Å². The fourth-order valence-corrected chi connectivity index (χ4v) is 7.19. The van der Waals surface area contributed by atoms with Crippen LogP contribution in [0.1, 0.15) is 62.8 Å². The highest BCUT2D eigenvalue weighted by atomic mass is 35.6. The summed E-state index contributed by atoms with van der Waals surface area (Å²) in [6.45, 7) is 0. The van der Waals surface area contributed by atoms with Crippen molar-refractivity contribution >= 4 is 19.2 Å². The maximum absolute atomic E-state index is 13.4. The molecule has 134 valence electrons. The average molecular weight is 375 g/mol. The van der Waals surface area contributed by atoms with Crippen LogP contribution >= 0.6 is 11.1 Å². The van der Waals surface area contributed by atoms with Gasteiger partial charge in [0.2, 0.25) is 0 Å². The third-order valence-corrected chi connectivity index (χ3v) is 9.31. The van der Waals surface area contributed by atoms with Gasteiger partial charge in [-0.1, -0.05) is 25.7 Å². The van der Waals surface area contributed by atoms with Crippen LogP contribution in [0.15, 0.2) is 12.1 Å². The van der Waals surface area contributed by atoms with Gasteiger partial charge in [-0.25, -0.2) is 13.2 Å². The zero-order valence-electron chi connectivity index (χ0n) is 14.0. The van der Waals surface area contributed by atoms with E-state index >= 15 is 0 Å². The molecule has 0 nitrogen and oxygen atoms in total. The van der Waals surface area contributed by atoms with Crippen molar-refractivity contribution in [2.24, 2.45) is 11.8 Å². The van der Waals surface area contributed by atoms with Crippen molar-refractivity contribution in [2.45, 2.75) is 69.4 Å². The quantitative estimate of drug-likeness (QED) is 0.319. The van der Waals surface area contributed by atoms with Gasteiger partial charge in [0, 0.05) is 0 Å². The van der Waals surface area contributed by atoms with Crippen LogP contribution in [0, 0.1) is 29.3 Å². The maximum atomic E-state index is 13.4. The van der Waals surface area contributed by atoms with Crippen LogP contribution in [0.25, 0.3) is 0 Å². The first-order chi connectivity index (χ1) is 11.5. The second-order valence-electron chi connectivity index (χ2n) is 7.71. The van der Waals surface area contributed by atoms with Crippen LogP contribution < -0.4 is 0 Å². The molecular formula is C19H26ClF3Si. The molecule has 24 heavy (non-hydrogen) atoms. The van der Waals surface area contributed by atoms with Crippen molar-refractivity contribution in [1.82, 2.24) is 0 Å². The van der Waals surface area contributed by atoms with E-state index in [1.165, 1.54) is 49.9 Å². The summed E-state index contributed by atoms with van der Waals surface area (Å²) >= 11 is 6.30. The fourth-order valence-electron chi connectivity index (χ4n) is 4.48. The Morgan fingerprint density at radius 3 is 1.88 bits per heavy atom. The third kappa shape index (κ3) is 4.57. The molecule has 3 rings (SSSR count). The third-order valence-electron chi connectivity index (χ3n) is 6.08. The summed E-state index contributed by atoms with van der Waals surface area (Å²) in [6.07, 6.45) is 9.38. The molecule has 0 N–H and O–H groups in total. The van der Waals surface area contributed by atoms with E-state index in [-0.39, 0.29) is 5.92 Å². The Balaban J connectivity index is 1.46. The molecule has 0 bridgehead atoms. The van der Waals surface area contributed by atoms with Gasteiger partial charge < -0.3 is 0 Å². The van der Waals surface area contributed by atoms with E-state index < -0.39 is 25.6 Å². The molecule has 1 aliphatic heterocycles. The Morgan fingerprint density at radius 2 is 1.33 bits per heavy atom. The van der Waals surface area contributed by atoms with Gasteiger partial charge in [-0.2, -0.15) is 11.1 Å². The Kier molecular flexibility index (Phi) is 6.31. The zero-order valence-corrected chi connectivity index (χ0v) is 16.0. The molecule has 2 aliphatic rings. The Bertz CT molecular complexity index is 527. The normalized spacial score (nSPS) is 31.2. The van der Waals surface area contributed by atoms with E-state index in [0.717, 1.165) is 37.5 Å². The van der Waals surface area contributed by atoms with E-state index in [2.05, 4.69) is 0 Å². The van der Waals surface area contributed by atoms with Crippen molar-refractivity contribution in [1.29, 1.82) is 0 Å². The topological polar surface area (TPSA) is 0 Å². The Labute approximate surface area is 149 Å². The second-order valence-corrected chi connectivity index (χ2v) is 11.9. The minimum absolute atomic E-state index is 0.170. The van der Waals surface area contributed by atoms with Crippen LogP contribution in [0.4, 0.5) is 13.2 Å². The first-order valence-electron chi connectivity index (χ1n) is 9.31. The summed E-state index contributed by atoms with van der Waals surface area (Å²) in [6, 6.07) is 4.94. The predicted molar refractivity (Wildman–Crippen MR) is 95.6 cm³/mol. The summed E-state index contributed by atoms with van der Waals surface area (Å²) in [4.78, 5) is 0. The van der Waals surface area contributed by atoms with Gasteiger partial charge in [-0.3, -0.25) is 0 Å². The molecule has 1 aromatic rings. The largest absolute Gasteiger partial charge is 0.204 e. The lowest BCUT2D eigenvalue weighted by Crippen LogP contribution is -2.18. The van der Waals surface area contributed by atoms with Crippen LogP contribution in [0.2, 0.25) is 12.1 Å². The van der Waals surface area contributed by atoms with Crippen LogP contribution in [-0.4, -0.2) is 8.11 Å². The zero-order chi connectivity index (χ0) is 17.1. The lowest BCUT2D eigenvalue weighted by molar-refractivity contribution is 0.279. The monoisotopic (exact) mass is 374 g/mol. The van der Waals surface area contributed by atoms with E-state index in [0.29, 0.717) is 5.56 Å². The predicted octanol–water partition coefficient (Wildman–Crippen LogP) is 6.53. The molecule has 1 saturated carbocycles. The molecule has 1 aromatic carbocycles. The van der Waals surface area contributed by atoms with Crippen LogP contribution in [0.5, 0.6) is 0 Å². The molecule has 0 atom stereocenters. The fraction of sp³-hybridized carbons (Fsp3) is 0.684. The smallest absolute Gasteiger partial charge is 0.194 e. The summed E-state index contributed by atoms with van der Waals surface area (Å²) in [5.41, 5.74) is 0.621. The van der Waals surface area contributed by atoms with Gasteiger partial charge >= 0.3 is 0 Å². The second kappa shape index (κ2) is 8.26. The molecule has 1 saturated heterocycles. The Morgan fingerprint density at radius 1 is 0.833 bits per heavy atom. The SMILES string of the molecule is Fc1cc([C@H]2CC[C@H](CCC3CC[SiH](Cl)CC3)CC2)cc(F)c1F. The molecule has 0 aromatic heterocycles. The summed E-state index contributed by atoms with van der Waals surface area (Å²) in [5, 5.41) is 0. The molecule has 2 fully saturated rings. The van der Waals surface area contributed by atoms with Crippen molar-refractivity contribution < 1.29 is 13.2 Å². The van der Waals surface area contributed by atoms with Gasteiger partial charge in [-0.05, 0) is 73.2 Å². The molecule has 5 heteroatoms. The van der Waals surface area contributed by atoms with Crippen LogP contribution in [-0.2, 0) is 0 Å². The number of benzene rings is 1. The lowest BCUT2D eigenvalue weighted by atomic mass is 9.76. The first-order valence-corrected chi connectivity index (χ1v) is 12.7. The summed E-state index contributed by atoms with van der Waals surface area (Å²) < 4.78 is 39.9. The molecule has 0 amide bonds. The average Bonchev–Trinajstić information content (AvgIpc) is 2.59. The van der Waals surface area contributed by atoms with E-state index in [4.69, 9.17) is 11.1 Å².